The van der Waals surface area contributed by atoms with Crippen LogP contribution in [0.3, 0.4) is 0 Å². The molecule has 1 unspecified atom stereocenters. The van der Waals surface area contributed by atoms with Crippen LogP contribution in [-0.2, 0) is 6.54 Å². The number of nitrogens with zero attached hydrogens (tertiary/aromatic N) is 5. The van der Waals surface area contributed by atoms with Crippen molar-refractivity contribution in [2.24, 2.45) is 0 Å². The predicted octanol–water partition coefficient (Wildman–Crippen LogP) is 1.34. The van der Waals surface area contributed by atoms with E-state index in [9.17, 15) is 24.0 Å². The first kappa shape index (κ1) is 18.5. The summed E-state index contributed by atoms with van der Waals surface area (Å²) >= 11 is 0. The molecule has 136 valence electrons. The number of halogens is 2. The molecule has 8 nitrogen and oxygen atoms in total. The number of alkyl halides is 2. The van der Waals surface area contributed by atoms with Crippen molar-refractivity contribution in [1.82, 2.24) is 14.7 Å². The molecule has 1 saturated heterocycles. The Kier molecular flexibility index (Phi) is 5.38. The van der Waals surface area contributed by atoms with Gasteiger partial charge in [-0.25, -0.2) is 13.5 Å². The Hall–Kier alpha value is -1.81. The van der Waals surface area contributed by atoms with Crippen molar-refractivity contribution >= 4 is 11.5 Å². The van der Waals surface area contributed by atoms with Crippen molar-refractivity contribution in [2.45, 2.75) is 45.4 Å². The Balaban J connectivity index is 2.33. The molecule has 0 amide bonds. The van der Waals surface area contributed by atoms with Gasteiger partial charge in [0.25, 0.3) is 6.43 Å². The van der Waals surface area contributed by atoms with Crippen LogP contribution in [0, 0.1) is 10.1 Å². The minimum absolute atomic E-state index is 0.0232. The zero-order valence-electron chi connectivity index (χ0n) is 14.0. The van der Waals surface area contributed by atoms with Gasteiger partial charge in [-0.1, -0.05) is 0 Å². The lowest BCUT2D eigenvalue weighted by Gasteiger charge is -2.35. The van der Waals surface area contributed by atoms with Crippen molar-refractivity contribution in [3.05, 3.63) is 16.3 Å². The maximum Gasteiger partial charge on any atom is 0.331 e. The highest BCUT2D eigenvalue weighted by Crippen LogP contribution is 2.30. The van der Waals surface area contributed by atoms with Crippen molar-refractivity contribution < 1.29 is 18.8 Å². The van der Waals surface area contributed by atoms with E-state index in [1.165, 1.54) is 0 Å². The molecular weight excluding hydrogens is 324 g/mol. The summed E-state index contributed by atoms with van der Waals surface area (Å²) in [6, 6.07) is 0. The van der Waals surface area contributed by atoms with E-state index in [1.807, 2.05) is 20.8 Å². The lowest BCUT2D eigenvalue weighted by atomic mass is 10.1. The van der Waals surface area contributed by atoms with Crippen LogP contribution in [-0.4, -0.2) is 69.0 Å². The molecule has 2 rings (SSSR count). The summed E-state index contributed by atoms with van der Waals surface area (Å²) in [4.78, 5) is 14.2. The second-order valence-corrected chi connectivity index (χ2v) is 6.90. The van der Waals surface area contributed by atoms with E-state index in [-0.39, 0.29) is 23.6 Å². The maximum absolute atomic E-state index is 12.7. The van der Waals surface area contributed by atoms with Crippen LogP contribution in [0.15, 0.2) is 6.20 Å². The molecule has 1 aliphatic rings. The van der Waals surface area contributed by atoms with Gasteiger partial charge in [-0.05, 0) is 20.8 Å². The van der Waals surface area contributed by atoms with E-state index in [0.717, 1.165) is 10.9 Å². The molecule has 0 aliphatic carbocycles. The molecule has 10 heteroatoms. The predicted molar refractivity (Wildman–Crippen MR) is 84.4 cm³/mol. The summed E-state index contributed by atoms with van der Waals surface area (Å²) in [5.41, 5.74) is -0.501. The van der Waals surface area contributed by atoms with Crippen molar-refractivity contribution in [2.75, 3.05) is 31.1 Å². The van der Waals surface area contributed by atoms with Crippen LogP contribution >= 0.6 is 0 Å². The van der Waals surface area contributed by atoms with Crippen molar-refractivity contribution in [1.29, 1.82) is 0 Å². The van der Waals surface area contributed by atoms with Crippen molar-refractivity contribution in [3.63, 3.8) is 0 Å². The molecule has 1 N–H and O–H groups in total. The van der Waals surface area contributed by atoms with E-state index in [4.69, 9.17) is 0 Å². The van der Waals surface area contributed by atoms with E-state index in [1.54, 1.807) is 4.90 Å². The fourth-order valence-electron chi connectivity index (χ4n) is 2.88. The van der Waals surface area contributed by atoms with Gasteiger partial charge < -0.3 is 10.0 Å². The largest absolute Gasteiger partial charge is 0.390 e. The lowest BCUT2D eigenvalue weighted by Crippen LogP contribution is -2.45. The SMILES string of the molecule is CC(C)(C)N1CCN(c2c([N+](=O)[O-])cnn2CC(F)F)CC(O)C1. The number of β-amino-alcohol motifs (C(OH)–C–C–N with tert-alkyl or cyclic N) is 1. The highest BCUT2D eigenvalue weighted by molar-refractivity contribution is 5.58. The first-order chi connectivity index (χ1) is 11.1. The van der Waals surface area contributed by atoms with Crippen LogP contribution < -0.4 is 4.90 Å². The molecule has 1 aliphatic heterocycles. The number of aromatic nitrogens is 2. The average molecular weight is 347 g/mol. The van der Waals surface area contributed by atoms with Gasteiger partial charge in [0.05, 0.1) is 11.0 Å². The normalized spacial score (nSPS) is 20.5. The highest BCUT2D eigenvalue weighted by Gasteiger charge is 2.33. The molecule has 0 aromatic carbocycles. The number of hydrogen-bond donors (Lipinski definition) is 1. The third-order valence-electron chi connectivity index (χ3n) is 4.05. The Bertz CT molecular complexity index is 587. The fourth-order valence-corrected chi connectivity index (χ4v) is 2.88. The lowest BCUT2D eigenvalue weighted by molar-refractivity contribution is -0.384. The molecule has 2 heterocycles. The minimum atomic E-state index is -2.67. The molecule has 24 heavy (non-hydrogen) atoms. The summed E-state index contributed by atoms with van der Waals surface area (Å²) < 4.78 is 26.4. The molecule has 1 atom stereocenters. The molecule has 0 radical (unpaired) electrons. The summed E-state index contributed by atoms with van der Waals surface area (Å²) in [6.07, 6.45) is -2.44. The zero-order chi connectivity index (χ0) is 18.1. The van der Waals surface area contributed by atoms with Gasteiger partial charge in [-0.3, -0.25) is 15.0 Å². The zero-order valence-corrected chi connectivity index (χ0v) is 14.0. The fraction of sp³-hybridized carbons (Fsp3) is 0.786. The van der Waals surface area contributed by atoms with Gasteiger partial charge >= 0.3 is 5.69 Å². The van der Waals surface area contributed by atoms with Crippen molar-refractivity contribution in [3.8, 4) is 0 Å². The van der Waals surface area contributed by atoms with Crippen LogP contribution in [0.1, 0.15) is 20.8 Å². The summed E-state index contributed by atoms with van der Waals surface area (Å²) in [7, 11) is 0. The molecule has 1 fully saturated rings. The third kappa shape index (κ3) is 4.18. The Labute approximate surface area is 138 Å². The molecular formula is C14H23F2N5O3. The monoisotopic (exact) mass is 347 g/mol. The number of aliphatic hydroxyl groups excluding tert-OH is 1. The van der Waals surface area contributed by atoms with E-state index < -0.39 is 24.0 Å². The third-order valence-corrected chi connectivity index (χ3v) is 4.05. The van der Waals surface area contributed by atoms with Gasteiger partial charge in [-0.15, -0.1) is 0 Å². The maximum atomic E-state index is 12.7. The van der Waals surface area contributed by atoms with Crippen LogP contribution in [0.25, 0.3) is 0 Å². The quantitative estimate of drug-likeness (QED) is 0.653. The van der Waals surface area contributed by atoms with Gasteiger partial charge in [-0.2, -0.15) is 5.10 Å². The average Bonchev–Trinajstić information content (AvgIpc) is 2.72. The van der Waals surface area contributed by atoms with Gasteiger partial charge in [0.1, 0.15) is 12.7 Å². The minimum Gasteiger partial charge on any atom is -0.390 e. The van der Waals surface area contributed by atoms with E-state index >= 15 is 0 Å². The second-order valence-electron chi connectivity index (χ2n) is 6.90. The molecule has 0 saturated carbocycles. The van der Waals surface area contributed by atoms with Gasteiger partial charge in [0.15, 0.2) is 0 Å². The van der Waals surface area contributed by atoms with Crippen LogP contribution in [0.5, 0.6) is 0 Å². The molecule has 1 aromatic heterocycles. The molecule has 0 bridgehead atoms. The number of hydrogen-bond acceptors (Lipinski definition) is 6. The molecule has 1 aromatic rings. The highest BCUT2D eigenvalue weighted by atomic mass is 19.3. The van der Waals surface area contributed by atoms with E-state index in [2.05, 4.69) is 10.00 Å². The van der Waals surface area contributed by atoms with Crippen LogP contribution in [0.2, 0.25) is 0 Å². The Morgan fingerprint density at radius 1 is 1.42 bits per heavy atom. The summed E-state index contributed by atoms with van der Waals surface area (Å²) in [6.45, 7) is 6.79. The number of rotatable bonds is 4. The first-order valence-electron chi connectivity index (χ1n) is 7.76. The topological polar surface area (TPSA) is 87.7 Å². The Morgan fingerprint density at radius 2 is 2.08 bits per heavy atom. The number of nitro groups is 1. The van der Waals surface area contributed by atoms with Gasteiger partial charge in [0.2, 0.25) is 5.82 Å². The second kappa shape index (κ2) is 6.98. The summed E-state index contributed by atoms with van der Waals surface area (Å²) in [5, 5.41) is 25.2. The van der Waals surface area contributed by atoms with Gasteiger partial charge in [0, 0.05) is 31.7 Å². The Morgan fingerprint density at radius 3 is 2.62 bits per heavy atom. The smallest absolute Gasteiger partial charge is 0.331 e. The summed E-state index contributed by atoms with van der Waals surface area (Å²) in [5.74, 6) is 0.0232. The number of aliphatic hydroxyl groups is 1. The van der Waals surface area contributed by atoms with E-state index in [0.29, 0.717) is 19.6 Å². The molecule has 0 spiro atoms. The van der Waals surface area contributed by atoms with Crippen LogP contribution in [0.4, 0.5) is 20.3 Å². The first-order valence-corrected chi connectivity index (χ1v) is 7.76. The standard InChI is InChI=1S/C14H23F2N5O3/c1-14(2,3)19-5-4-18(7-10(22)8-19)13-11(21(23)24)6-17-20(13)9-12(15)16/h6,10,12,22H,4-5,7-9H2,1-3H3. The number of anilines is 1.